The number of hydrogen-bond acceptors (Lipinski definition) is 6. The Hall–Kier alpha value is -3.31. The van der Waals surface area contributed by atoms with E-state index in [1.807, 2.05) is 44.1 Å². The molecule has 138 valence electrons. The van der Waals surface area contributed by atoms with Crippen molar-refractivity contribution in [3.05, 3.63) is 59.2 Å². The van der Waals surface area contributed by atoms with E-state index in [1.54, 1.807) is 27.7 Å². The number of amides is 1. The zero-order valence-corrected chi connectivity index (χ0v) is 15.6. The molecule has 0 radical (unpaired) electrons. The first-order valence-corrected chi connectivity index (χ1v) is 8.59. The summed E-state index contributed by atoms with van der Waals surface area (Å²) < 4.78 is 1.57. The Kier molecular flexibility index (Phi) is 5.43. The molecule has 2 aromatic heterocycles. The first-order chi connectivity index (χ1) is 13.0. The molecule has 0 unspecified atom stereocenters. The van der Waals surface area contributed by atoms with Crippen molar-refractivity contribution in [2.45, 2.75) is 13.5 Å². The third kappa shape index (κ3) is 4.27. The summed E-state index contributed by atoms with van der Waals surface area (Å²) in [4.78, 5) is 25.2. The summed E-state index contributed by atoms with van der Waals surface area (Å²) in [7, 11) is 3.92. The topological polar surface area (TPSA) is 90.4 Å². The van der Waals surface area contributed by atoms with E-state index in [9.17, 15) is 4.79 Å². The fourth-order valence-corrected chi connectivity index (χ4v) is 2.62. The SMILES string of the molecule is Cc1ccnc2nc(C(=O)N(CCN(C)C)Cc3ccc(C#N)cc3)nn12. The van der Waals surface area contributed by atoms with Crippen molar-refractivity contribution in [2.75, 3.05) is 27.2 Å². The number of benzene rings is 1. The predicted octanol–water partition coefficient (Wildman–Crippen LogP) is 1.51. The highest BCUT2D eigenvalue weighted by molar-refractivity contribution is 5.90. The van der Waals surface area contributed by atoms with Gasteiger partial charge in [-0.2, -0.15) is 10.2 Å². The van der Waals surface area contributed by atoms with Crippen LogP contribution >= 0.6 is 0 Å². The van der Waals surface area contributed by atoms with Crippen molar-refractivity contribution in [3.8, 4) is 6.07 Å². The summed E-state index contributed by atoms with van der Waals surface area (Å²) in [5.41, 5.74) is 2.39. The Morgan fingerprint density at radius 1 is 1.19 bits per heavy atom. The highest BCUT2D eigenvalue weighted by atomic mass is 16.2. The molecule has 0 saturated carbocycles. The highest BCUT2D eigenvalue weighted by Gasteiger charge is 2.21. The number of fused-ring (bicyclic) bond motifs is 1. The van der Waals surface area contributed by atoms with Crippen molar-refractivity contribution in [2.24, 2.45) is 0 Å². The molecule has 0 spiro atoms. The number of nitrogens with zero attached hydrogens (tertiary/aromatic N) is 7. The van der Waals surface area contributed by atoms with Gasteiger partial charge in [-0.05, 0) is 44.8 Å². The molecular formula is C19H21N7O. The highest BCUT2D eigenvalue weighted by Crippen LogP contribution is 2.11. The molecule has 1 amide bonds. The Bertz CT molecular complexity index is 985. The van der Waals surface area contributed by atoms with Crippen LogP contribution in [0.1, 0.15) is 27.4 Å². The normalized spacial score (nSPS) is 10.9. The minimum atomic E-state index is -0.244. The van der Waals surface area contributed by atoms with E-state index in [-0.39, 0.29) is 11.7 Å². The maximum atomic E-state index is 13.1. The maximum Gasteiger partial charge on any atom is 0.293 e. The van der Waals surface area contributed by atoms with Gasteiger partial charge in [0.2, 0.25) is 5.82 Å². The molecule has 0 N–H and O–H groups in total. The van der Waals surface area contributed by atoms with Crippen molar-refractivity contribution >= 4 is 11.7 Å². The van der Waals surface area contributed by atoms with Crippen LogP contribution in [0.4, 0.5) is 0 Å². The van der Waals surface area contributed by atoms with Gasteiger partial charge in [0.15, 0.2) is 0 Å². The Morgan fingerprint density at radius 2 is 1.93 bits per heavy atom. The molecule has 2 heterocycles. The van der Waals surface area contributed by atoms with Crippen molar-refractivity contribution < 1.29 is 4.79 Å². The van der Waals surface area contributed by atoms with Gasteiger partial charge in [0.1, 0.15) is 0 Å². The Balaban J connectivity index is 1.86. The molecule has 0 aliphatic carbocycles. The smallest absolute Gasteiger partial charge is 0.293 e. The van der Waals surface area contributed by atoms with Crippen LogP contribution in [-0.4, -0.2) is 62.5 Å². The number of carbonyl (C=O) groups excluding carboxylic acids is 1. The van der Waals surface area contributed by atoms with E-state index in [1.165, 1.54) is 0 Å². The second-order valence-electron chi connectivity index (χ2n) is 6.57. The van der Waals surface area contributed by atoms with Crippen LogP contribution in [0, 0.1) is 18.3 Å². The number of likely N-dealkylation sites (N-methyl/N-ethyl adjacent to an activating group) is 1. The third-order valence-electron chi connectivity index (χ3n) is 4.18. The first-order valence-electron chi connectivity index (χ1n) is 8.59. The van der Waals surface area contributed by atoms with Crippen molar-refractivity contribution in [3.63, 3.8) is 0 Å². The first kappa shape index (κ1) is 18.5. The number of carbonyl (C=O) groups is 1. The second-order valence-corrected chi connectivity index (χ2v) is 6.57. The van der Waals surface area contributed by atoms with Gasteiger partial charge < -0.3 is 9.80 Å². The molecule has 0 bridgehead atoms. The van der Waals surface area contributed by atoms with Gasteiger partial charge in [0.05, 0.1) is 11.6 Å². The van der Waals surface area contributed by atoms with Gasteiger partial charge in [0, 0.05) is 31.5 Å². The van der Waals surface area contributed by atoms with Crippen LogP contribution in [0.3, 0.4) is 0 Å². The minimum absolute atomic E-state index is 0.129. The zero-order valence-electron chi connectivity index (χ0n) is 15.6. The predicted molar refractivity (Wildman–Crippen MR) is 100.0 cm³/mol. The van der Waals surface area contributed by atoms with Crippen LogP contribution in [0.2, 0.25) is 0 Å². The Labute approximate surface area is 157 Å². The average Bonchev–Trinajstić information content (AvgIpc) is 3.10. The van der Waals surface area contributed by atoms with Gasteiger partial charge >= 0.3 is 0 Å². The van der Waals surface area contributed by atoms with Crippen LogP contribution < -0.4 is 0 Å². The monoisotopic (exact) mass is 363 g/mol. The fraction of sp³-hybridized carbons (Fsp3) is 0.316. The second kappa shape index (κ2) is 7.93. The number of rotatable bonds is 6. The van der Waals surface area contributed by atoms with E-state index in [4.69, 9.17) is 5.26 Å². The van der Waals surface area contributed by atoms with E-state index in [2.05, 4.69) is 21.1 Å². The van der Waals surface area contributed by atoms with E-state index >= 15 is 0 Å². The summed E-state index contributed by atoms with van der Waals surface area (Å²) in [5.74, 6) is 0.291. The van der Waals surface area contributed by atoms with E-state index in [0.29, 0.717) is 31.0 Å². The van der Waals surface area contributed by atoms with Gasteiger partial charge in [-0.1, -0.05) is 12.1 Å². The summed E-state index contributed by atoms with van der Waals surface area (Å²) in [6.45, 7) is 3.55. The third-order valence-corrected chi connectivity index (χ3v) is 4.18. The standard InChI is InChI=1S/C19H21N7O/c1-14-8-9-21-19-22-17(23-26(14)19)18(27)25(11-10-24(2)3)13-16-6-4-15(12-20)5-7-16/h4-9H,10-11,13H2,1-3H3. The number of hydrogen-bond donors (Lipinski definition) is 0. The fourth-order valence-electron chi connectivity index (χ4n) is 2.62. The number of nitriles is 1. The molecule has 0 atom stereocenters. The molecule has 0 aliphatic heterocycles. The lowest BCUT2D eigenvalue weighted by Gasteiger charge is -2.23. The van der Waals surface area contributed by atoms with Crippen LogP contribution in [0.15, 0.2) is 36.5 Å². The molecule has 27 heavy (non-hydrogen) atoms. The summed E-state index contributed by atoms with van der Waals surface area (Å²) in [6, 6.07) is 11.1. The molecule has 0 saturated heterocycles. The lowest BCUT2D eigenvalue weighted by Crippen LogP contribution is -2.36. The maximum absolute atomic E-state index is 13.1. The van der Waals surface area contributed by atoms with Gasteiger partial charge in [-0.3, -0.25) is 4.79 Å². The van der Waals surface area contributed by atoms with Gasteiger partial charge in [-0.15, -0.1) is 5.10 Å². The van der Waals surface area contributed by atoms with E-state index in [0.717, 1.165) is 11.3 Å². The average molecular weight is 363 g/mol. The number of aromatic nitrogens is 4. The Morgan fingerprint density at radius 3 is 2.56 bits per heavy atom. The molecule has 0 fully saturated rings. The number of aryl methyl sites for hydroxylation is 1. The minimum Gasteiger partial charge on any atom is -0.330 e. The molecule has 3 aromatic rings. The van der Waals surface area contributed by atoms with Crippen LogP contribution in [0.5, 0.6) is 0 Å². The zero-order chi connectivity index (χ0) is 19.4. The van der Waals surface area contributed by atoms with Gasteiger partial charge in [0.25, 0.3) is 11.7 Å². The summed E-state index contributed by atoms with van der Waals surface area (Å²) >= 11 is 0. The summed E-state index contributed by atoms with van der Waals surface area (Å²) in [6.07, 6.45) is 1.65. The summed E-state index contributed by atoms with van der Waals surface area (Å²) in [5, 5.41) is 13.3. The molecule has 3 rings (SSSR count). The molecular weight excluding hydrogens is 342 g/mol. The van der Waals surface area contributed by atoms with E-state index < -0.39 is 0 Å². The molecule has 1 aromatic carbocycles. The lowest BCUT2D eigenvalue weighted by molar-refractivity contribution is 0.0720. The van der Waals surface area contributed by atoms with Crippen LogP contribution in [-0.2, 0) is 6.54 Å². The van der Waals surface area contributed by atoms with Gasteiger partial charge in [-0.25, -0.2) is 9.50 Å². The largest absolute Gasteiger partial charge is 0.330 e. The lowest BCUT2D eigenvalue weighted by atomic mass is 10.1. The molecule has 8 nitrogen and oxygen atoms in total. The van der Waals surface area contributed by atoms with Crippen LogP contribution in [0.25, 0.3) is 5.78 Å². The van der Waals surface area contributed by atoms with Crippen molar-refractivity contribution in [1.82, 2.24) is 29.4 Å². The quantitative estimate of drug-likeness (QED) is 0.659. The van der Waals surface area contributed by atoms with Crippen molar-refractivity contribution in [1.29, 1.82) is 5.26 Å². The molecule has 8 heteroatoms. The molecule has 0 aliphatic rings.